The highest BCUT2D eigenvalue weighted by molar-refractivity contribution is 5.82. The van der Waals surface area contributed by atoms with Crippen molar-refractivity contribution < 1.29 is 4.79 Å². The van der Waals surface area contributed by atoms with E-state index >= 15 is 0 Å². The zero-order valence-corrected chi connectivity index (χ0v) is 10.1. The summed E-state index contributed by atoms with van der Waals surface area (Å²) < 4.78 is 0. The average molecular weight is 230 g/mol. The van der Waals surface area contributed by atoms with Crippen LogP contribution in [-0.4, -0.2) is 24.0 Å². The minimum absolute atomic E-state index is 0.0616. The average Bonchev–Trinajstić information content (AvgIpc) is 2.40. The van der Waals surface area contributed by atoms with E-state index in [0.29, 0.717) is 0 Å². The zero-order chi connectivity index (χ0) is 12.1. The van der Waals surface area contributed by atoms with Crippen LogP contribution in [0.4, 0.5) is 0 Å². The Morgan fingerprint density at radius 1 is 1.29 bits per heavy atom. The van der Waals surface area contributed by atoms with Gasteiger partial charge in [0, 0.05) is 13.1 Å². The molecule has 0 aromatic heterocycles. The van der Waals surface area contributed by atoms with Gasteiger partial charge < -0.3 is 0 Å². The summed E-state index contributed by atoms with van der Waals surface area (Å²) in [5, 5.41) is 1.96. The van der Waals surface area contributed by atoms with Crippen LogP contribution in [0.5, 0.6) is 0 Å². The number of rotatable bonds is 3. The summed E-state index contributed by atoms with van der Waals surface area (Å²) in [5.74, 6) is -0.0476. The van der Waals surface area contributed by atoms with Crippen molar-refractivity contribution in [1.29, 1.82) is 0 Å². The molecule has 1 aliphatic rings. The predicted octanol–water partition coefficient (Wildman–Crippen LogP) is 2.08. The number of carbonyl (C=O) groups is 1. The quantitative estimate of drug-likeness (QED) is 0.806. The van der Waals surface area contributed by atoms with Gasteiger partial charge in [0.1, 0.15) is 0 Å². The Morgan fingerprint density at radius 2 is 2.06 bits per heavy atom. The van der Waals surface area contributed by atoms with Crippen LogP contribution in [0.2, 0.25) is 0 Å². The van der Waals surface area contributed by atoms with Crippen LogP contribution in [0.25, 0.3) is 0 Å². The summed E-state index contributed by atoms with van der Waals surface area (Å²) in [7, 11) is 0. The molecule has 1 unspecified atom stereocenters. The first-order chi connectivity index (χ1) is 8.27. The van der Waals surface area contributed by atoms with Crippen molar-refractivity contribution in [2.24, 2.45) is 0 Å². The lowest BCUT2D eigenvalue weighted by Crippen LogP contribution is -2.45. The van der Waals surface area contributed by atoms with E-state index in [4.69, 9.17) is 0 Å². The molecule has 1 atom stereocenters. The van der Waals surface area contributed by atoms with Gasteiger partial charge in [0.25, 0.3) is 0 Å². The first-order valence-electron chi connectivity index (χ1n) is 6.03. The Bertz CT molecular complexity index is 400. The predicted molar refractivity (Wildman–Crippen MR) is 68.3 cm³/mol. The SMILES string of the molecule is CC(C(=O)NN1CC=CCC1)c1ccccc1. The second-order valence-corrected chi connectivity index (χ2v) is 4.31. The number of hydrogen-bond donors (Lipinski definition) is 1. The second kappa shape index (κ2) is 5.64. The van der Waals surface area contributed by atoms with Crippen LogP contribution in [0.1, 0.15) is 24.8 Å². The normalized spacial score (nSPS) is 17.7. The molecule has 1 aliphatic heterocycles. The van der Waals surface area contributed by atoms with E-state index in [0.717, 1.165) is 25.1 Å². The molecule has 90 valence electrons. The van der Waals surface area contributed by atoms with Crippen molar-refractivity contribution in [2.45, 2.75) is 19.3 Å². The molecule has 1 N–H and O–H groups in total. The molecule has 0 bridgehead atoms. The molecule has 3 heteroatoms. The van der Waals surface area contributed by atoms with E-state index in [9.17, 15) is 4.79 Å². The van der Waals surface area contributed by atoms with Gasteiger partial charge in [-0.1, -0.05) is 42.5 Å². The summed E-state index contributed by atoms with van der Waals surface area (Å²) in [6.45, 7) is 3.63. The topological polar surface area (TPSA) is 32.3 Å². The van der Waals surface area contributed by atoms with E-state index < -0.39 is 0 Å². The summed E-state index contributed by atoms with van der Waals surface area (Å²) in [5.41, 5.74) is 4.01. The summed E-state index contributed by atoms with van der Waals surface area (Å²) >= 11 is 0. The molecule has 0 saturated heterocycles. The van der Waals surface area contributed by atoms with Crippen LogP contribution < -0.4 is 5.43 Å². The van der Waals surface area contributed by atoms with Gasteiger partial charge in [0.2, 0.25) is 5.91 Å². The lowest BCUT2D eigenvalue weighted by molar-refractivity contribution is -0.126. The van der Waals surface area contributed by atoms with Gasteiger partial charge in [-0.15, -0.1) is 0 Å². The molecule has 1 aromatic carbocycles. The number of nitrogens with zero attached hydrogens (tertiary/aromatic N) is 1. The lowest BCUT2D eigenvalue weighted by Gasteiger charge is -2.25. The Morgan fingerprint density at radius 3 is 2.71 bits per heavy atom. The van der Waals surface area contributed by atoms with Crippen molar-refractivity contribution in [3.05, 3.63) is 48.0 Å². The van der Waals surface area contributed by atoms with Gasteiger partial charge in [0.05, 0.1) is 5.92 Å². The Hall–Kier alpha value is -1.61. The highest BCUT2D eigenvalue weighted by Gasteiger charge is 2.17. The summed E-state index contributed by atoms with van der Waals surface area (Å²) in [6.07, 6.45) is 5.22. The molecule has 1 heterocycles. The zero-order valence-electron chi connectivity index (χ0n) is 10.1. The largest absolute Gasteiger partial charge is 0.288 e. The fraction of sp³-hybridized carbons (Fsp3) is 0.357. The van der Waals surface area contributed by atoms with Crippen LogP contribution in [0, 0.1) is 0 Å². The Labute approximate surface area is 102 Å². The second-order valence-electron chi connectivity index (χ2n) is 4.31. The third kappa shape index (κ3) is 3.17. The maximum absolute atomic E-state index is 12.0. The molecule has 0 saturated carbocycles. The first kappa shape index (κ1) is 11.9. The molecule has 0 radical (unpaired) electrons. The highest BCUT2D eigenvalue weighted by Crippen LogP contribution is 2.14. The highest BCUT2D eigenvalue weighted by atomic mass is 16.2. The van der Waals surface area contributed by atoms with Gasteiger partial charge in [0.15, 0.2) is 0 Å². The van der Waals surface area contributed by atoms with Gasteiger partial charge >= 0.3 is 0 Å². The number of carbonyl (C=O) groups excluding carboxylic acids is 1. The third-order valence-corrected chi connectivity index (χ3v) is 3.02. The van der Waals surface area contributed by atoms with Crippen molar-refractivity contribution >= 4 is 5.91 Å². The summed E-state index contributed by atoms with van der Waals surface area (Å²) in [4.78, 5) is 12.0. The number of benzene rings is 1. The Balaban J connectivity index is 1.93. The van der Waals surface area contributed by atoms with Gasteiger partial charge in [-0.25, -0.2) is 5.01 Å². The molecule has 2 rings (SSSR count). The van der Waals surface area contributed by atoms with Crippen molar-refractivity contribution in [3.8, 4) is 0 Å². The van der Waals surface area contributed by atoms with Crippen LogP contribution in [-0.2, 0) is 4.79 Å². The van der Waals surface area contributed by atoms with E-state index in [2.05, 4.69) is 17.6 Å². The van der Waals surface area contributed by atoms with Crippen molar-refractivity contribution in [2.75, 3.05) is 13.1 Å². The molecule has 0 fully saturated rings. The van der Waals surface area contributed by atoms with E-state index in [1.165, 1.54) is 0 Å². The van der Waals surface area contributed by atoms with Crippen molar-refractivity contribution in [3.63, 3.8) is 0 Å². The molecular weight excluding hydrogens is 212 g/mol. The molecule has 1 amide bonds. The minimum Gasteiger partial charge on any atom is -0.288 e. The smallest absolute Gasteiger partial charge is 0.241 e. The number of hydrogen-bond acceptors (Lipinski definition) is 2. The van der Waals surface area contributed by atoms with E-state index in [1.54, 1.807) is 0 Å². The molecule has 0 spiro atoms. The molecule has 3 nitrogen and oxygen atoms in total. The number of hydrazine groups is 1. The fourth-order valence-corrected chi connectivity index (χ4v) is 1.89. The lowest BCUT2D eigenvalue weighted by atomic mass is 10.0. The van der Waals surface area contributed by atoms with Crippen molar-refractivity contribution in [1.82, 2.24) is 10.4 Å². The number of amides is 1. The van der Waals surface area contributed by atoms with Gasteiger partial charge in [-0.05, 0) is 18.9 Å². The van der Waals surface area contributed by atoms with Crippen LogP contribution >= 0.6 is 0 Å². The van der Waals surface area contributed by atoms with Crippen LogP contribution in [0.15, 0.2) is 42.5 Å². The minimum atomic E-state index is -0.109. The van der Waals surface area contributed by atoms with Gasteiger partial charge in [-0.2, -0.15) is 0 Å². The first-order valence-corrected chi connectivity index (χ1v) is 6.03. The molecule has 1 aromatic rings. The molecule has 0 aliphatic carbocycles. The van der Waals surface area contributed by atoms with Crippen LogP contribution in [0.3, 0.4) is 0 Å². The Kier molecular flexibility index (Phi) is 3.94. The van der Waals surface area contributed by atoms with Gasteiger partial charge in [-0.3, -0.25) is 10.2 Å². The summed E-state index contributed by atoms with van der Waals surface area (Å²) in [6, 6.07) is 9.86. The number of nitrogens with one attached hydrogen (secondary N) is 1. The standard InChI is InChI=1S/C14H18N2O/c1-12(13-8-4-2-5-9-13)14(17)15-16-10-6-3-7-11-16/h2-6,8-9,12H,7,10-11H2,1H3,(H,15,17). The van der Waals surface area contributed by atoms with E-state index in [-0.39, 0.29) is 11.8 Å². The maximum Gasteiger partial charge on any atom is 0.241 e. The third-order valence-electron chi connectivity index (χ3n) is 3.02. The molecular formula is C14H18N2O. The molecule has 17 heavy (non-hydrogen) atoms. The monoisotopic (exact) mass is 230 g/mol. The maximum atomic E-state index is 12.0. The fourth-order valence-electron chi connectivity index (χ4n) is 1.89. The van der Waals surface area contributed by atoms with E-state index in [1.807, 2.05) is 42.3 Å².